The average Bonchev–Trinajstić information content (AvgIpc) is 2.56. The van der Waals surface area contributed by atoms with Gasteiger partial charge in [-0.1, -0.05) is 37.4 Å². The molecule has 0 N–H and O–H groups in total. The van der Waals surface area contributed by atoms with E-state index in [1.54, 1.807) is 18.2 Å². The molecule has 5 heteroatoms. The topological polar surface area (TPSA) is 44.8 Å². The van der Waals surface area contributed by atoms with E-state index in [1.165, 1.54) is 46.0 Å². The number of methoxy groups -OCH3 is 3. The summed E-state index contributed by atoms with van der Waals surface area (Å²) in [6.07, 6.45) is 5.83. The van der Waals surface area contributed by atoms with Crippen molar-refractivity contribution in [2.24, 2.45) is 0 Å². The smallest absolute Gasteiger partial charge is 0.180 e. The predicted molar refractivity (Wildman–Crippen MR) is 90.8 cm³/mol. The minimum Gasteiger partial charge on any atom is -0.504 e. The third-order valence-electron chi connectivity index (χ3n) is 3.05. The van der Waals surface area contributed by atoms with Crippen LogP contribution < -0.4 is 10.0 Å². The molecule has 4 nitrogen and oxygen atoms in total. The summed E-state index contributed by atoms with van der Waals surface area (Å²) in [5.41, 5.74) is 0. The lowest BCUT2D eigenvalue weighted by Crippen LogP contribution is -2.11. The fourth-order valence-electron chi connectivity index (χ4n) is 2.06. The Morgan fingerprint density at radius 3 is 1.91 bits per heavy atom. The fraction of sp³-hybridized carbons (Fsp3) is 0.176. The highest BCUT2D eigenvalue weighted by Crippen LogP contribution is 2.62. The van der Waals surface area contributed by atoms with E-state index in [4.69, 9.17) is 14.2 Å². The van der Waals surface area contributed by atoms with E-state index in [-0.39, 0.29) is 0 Å². The third-order valence-corrected chi connectivity index (χ3v) is 6.13. The van der Waals surface area contributed by atoms with Crippen molar-refractivity contribution in [3.05, 3.63) is 72.7 Å². The van der Waals surface area contributed by atoms with Crippen LogP contribution >= 0.6 is 7.14 Å². The molecule has 0 spiro atoms. The number of rotatable bonds is 8. The molecule has 0 saturated heterocycles. The van der Waals surface area contributed by atoms with Gasteiger partial charge in [0.15, 0.2) is 7.14 Å². The van der Waals surface area contributed by atoms with Gasteiger partial charge in [-0.25, -0.2) is 0 Å². The standard InChI is InChI=1S/C17H21O4P/c1-6-14(12-19-3)22(18,15(7-2)13-20-4)17-11-9-8-10-16(17)21-5/h6-13H,1-2H2,3-5H3/b14-12-,15-13-. The van der Waals surface area contributed by atoms with E-state index in [1.807, 2.05) is 6.07 Å². The van der Waals surface area contributed by atoms with Gasteiger partial charge in [0.2, 0.25) is 0 Å². The molecule has 0 fully saturated rings. The lowest BCUT2D eigenvalue weighted by atomic mass is 10.3. The van der Waals surface area contributed by atoms with Crippen molar-refractivity contribution in [2.75, 3.05) is 21.3 Å². The van der Waals surface area contributed by atoms with Crippen molar-refractivity contribution >= 4 is 12.4 Å². The summed E-state index contributed by atoms with van der Waals surface area (Å²) < 4.78 is 29.4. The number of allylic oxidation sites excluding steroid dienone is 4. The zero-order valence-corrected chi connectivity index (χ0v) is 14.0. The van der Waals surface area contributed by atoms with Gasteiger partial charge < -0.3 is 18.8 Å². The molecule has 0 aliphatic rings. The second-order valence-electron chi connectivity index (χ2n) is 4.25. The van der Waals surface area contributed by atoms with Gasteiger partial charge in [0, 0.05) is 0 Å². The second kappa shape index (κ2) is 8.30. The maximum atomic E-state index is 13.9. The van der Waals surface area contributed by atoms with Crippen LogP contribution in [0.15, 0.2) is 72.7 Å². The second-order valence-corrected chi connectivity index (χ2v) is 6.98. The van der Waals surface area contributed by atoms with Gasteiger partial charge in [-0.05, 0) is 12.1 Å². The first-order valence-corrected chi connectivity index (χ1v) is 8.26. The lowest BCUT2D eigenvalue weighted by molar-refractivity contribution is 0.335. The Morgan fingerprint density at radius 2 is 1.50 bits per heavy atom. The van der Waals surface area contributed by atoms with Crippen LogP contribution in [0.1, 0.15) is 0 Å². The SMILES string of the molecule is C=C/C(=C/OC)P(=O)(/C(C=C)=C\OC)c1ccccc1OC. The summed E-state index contributed by atoms with van der Waals surface area (Å²) >= 11 is 0. The maximum Gasteiger partial charge on any atom is 0.180 e. The number of hydrogen-bond acceptors (Lipinski definition) is 4. The first-order chi connectivity index (χ1) is 10.6. The molecule has 0 aromatic heterocycles. The summed E-state index contributed by atoms with van der Waals surface area (Å²) in [7, 11) is 1.24. The van der Waals surface area contributed by atoms with Gasteiger partial charge in [0.1, 0.15) is 5.75 Å². The molecule has 22 heavy (non-hydrogen) atoms. The zero-order valence-electron chi connectivity index (χ0n) is 13.1. The molecule has 1 aromatic carbocycles. The summed E-state index contributed by atoms with van der Waals surface area (Å²) in [4.78, 5) is 0. The van der Waals surface area contributed by atoms with Crippen molar-refractivity contribution < 1.29 is 18.8 Å². The van der Waals surface area contributed by atoms with Crippen LogP contribution in [0.4, 0.5) is 0 Å². The van der Waals surface area contributed by atoms with E-state index in [0.29, 0.717) is 21.7 Å². The highest BCUT2D eigenvalue weighted by molar-refractivity contribution is 7.80. The Balaban J connectivity index is 3.77. The molecule has 1 rings (SSSR count). The van der Waals surface area contributed by atoms with E-state index in [2.05, 4.69) is 13.2 Å². The van der Waals surface area contributed by atoms with Gasteiger partial charge in [0.25, 0.3) is 0 Å². The molecular formula is C17H21O4P. The highest BCUT2D eigenvalue weighted by atomic mass is 31.2. The molecule has 1 aromatic rings. The van der Waals surface area contributed by atoms with Crippen molar-refractivity contribution in [1.29, 1.82) is 0 Å². The van der Waals surface area contributed by atoms with E-state index < -0.39 is 7.14 Å². The molecule has 0 bridgehead atoms. The Bertz CT molecular complexity index is 614. The van der Waals surface area contributed by atoms with Crippen molar-refractivity contribution in [2.45, 2.75) is 0 Å². The van der Waals surface area contributed by atoms with E-state index in [9.17, 15) is 4.57 Å². The number of hydrogen-bond donors (Lipinski definition) is 0. The van der Waals surface area contributed by atoms with Gasteiger partial charge in [-0.15, -0.1) is 0 Å². The van der Waals surface area contributed by atoms with Crippen molar-refractivity contribution in [3.8, 4) is 5.75 Å². The van der Waals surface area contributed by atoms with Crippen LogP contribution in [0.2, 0.25) is 0 Å². The molecule has 0 atom stereocenters. The Hall–Kier alpha value is -2.19. The number of para-hydroxylation sites is 1. The minimum atomic E-state index is -3.27. The van der Waals surface area contributed by atoms with Crippen molar-refractivity contribution in [3.63, 3.8) is 0 Å². The van der Waals surface area contributed by atoms with Crippen LogP contribution in [0.25, 0.3) is 0 Å². The minimum absolute atomic E-state index is 0.433. The predicted octanol–water partition coefficient (Wildman–Crippen LogP) is 4.03. The molecule has 118 valence electrons. The highest BCUT2D eigenvalue weighted by Gasteiger charge is 2.35. The Labute approximate surface area is 131 Å². The Kier molecular flexibility index (Phi) is 6.74. The maximum absolute atomic E-state index is 13.9. The molecule has 0 aliphatic carbocycles. The van der Waals surface area contributed by atoms with Gasteiger partial charge >= 0.3 is 0 Å². The van der Waals surface area contributed by atoms with Gasteiger partial charge in [-0.2, -0.15) is 0 Å². The molecule has 0 saturated carbocycles. The zero-order chi connectivity index (χ0) is 16.6. The van der Waals surface area contributed by atoms with Gasteiger partial charge in [0.05, 0.1) is 49.8 Å². The molecule has 0 amide bonds. The Morgan fingerprint density at radius 1 is 1.00 bits per heavy atom. The molecule has 0 radical (unpaired) electrons. The van der Waals surface area contributed by atoms with E-state index >= 15 is 0 Å². The number of benzene rings is 1. The monoisotopic (exact) mass is 320 g/mol. The number of ether oxygens (including phenoxy) is 3. The summed E-state index contributed by atoms with van der Waals surface area (Å²) in [6, 6.07) is 7.11. The molecule has 0 heterocycles. The molecular weight excluding hydrogens is 299 g/mol. The third kappa shape index (κ3) is 3.34. The van der Waals surface area contributed by atoms with Crippen LogP contribution in [-0.2, 0) is 14.0 Å². The van der Waals surface area contributed by atoms with Crippen LogP contribution in [0.3, 0.4) is 0 Å². The summed E-state index contributed by atoms with van der Waals surface area (Å²) in [6.45, 7) is 7.48. The summed E-state index contributed by atoms with van der Waals surface area (Å²) in [5, 5.41) is 1.40. The van der Waals surface area contributed by atoms with Crippen LogP contribution in [-0.4, -0.2) is 21.3 Å². The lowest BCUT2D eigenvalue weighted by Gasteiger charge is -2.22. The van der Waals surface area contributed by atoms with E-state index in [0.717, 1.165) is 0 Å². The average molecular weight is 320 g/mol. The quantitative estimate of drug-likeness (QED) is 0.412. The first-order valence-electron chi connectivity index (χ1n) is 6.55. The first kappa shape index (κ1) is 17.9. The van der Waals surface area contributed by atoms with Crippen LogP contribution in [0, 0.1) is 0 Å². The molecule has 0 aliphatic heterocycles. The van der Waals surface area contributed by atoms with Crippen molar-refractivity contribution in [1.82, 2.24) is 0 Å². The fourth-order valence-corrected chi connectivity index (χ4v) is 4.71. The normalized spacial score (nSPS) is 14.7. The van der Waals surface area contributed by atoms with Crippen LogP contribution in [0.5, 0.6) is 5.75 Å². The van der Waals surface area contributed by atoms with Gasteiger partial charge in [-0.3, -0.25) is 0 Å². The summed E-state index contributed by atoms with van der Waals surface area (Å²) in [5.74, 6) is 0.513. The largest absolute Gasteiger partial charge is 0.504 e. The molecule has 0 unspecified atom stereocenters.